The van der Waals surface area contributed by atoms with Crippen molar-refractivity contribution in [3.63, 3.8) is 0 Å². The molecule has 0 unspecified atom stereocenters. The number of aliphatic hydroxyl groups is 1. The largest absolute Gasteiger partial charge is 0.396 e. The highest BCUT2D eigenvalue weighted by Gasteiger charge is 2.21. The topological polar surface area (TPSA) is 82.1 Å². The molecule has 0 aliphatic rings. The third kappa shape index (κ3) is 3.03. The average Bonchev–Trinajstić information content (AvgIpc) is 2.64. The fourth-order valence-corrected chi connectivity index (χ4v) is 1.40. The van der Waals surface area contributed by atoms with Gasteiger partial charge in [-0.15, -0.1) is 5.10 Å². The van der Waals surface area contributed by atoms with E-state index in [1.54, 1.807) is 11.8 Å². The Morgan fingerprint density at radius 1 is 1.56 bits per heavy atom. The van der Waals surface area contributed by atoms with E-state index in [1.165, 1.54) is 0 Å². The van der Waals surface area contributed by atoms with E-state index >= 15 is 0 Å². The lowest BCUT2D eigenvalue weighted by Crippen LogP contribution is -2.38. The molecule has 0 fully saturated rings. The molecule has 1 aromatic heterocycles. The molecule has 0 radical (unpaired) electrons. The van der Waals surface area contributed by atoms with Crippen LogP contribution in [0, 0.1) is 6.92 Å². The highest BCUT2D eigenvalue weighted by atomic mass is 16.3. The van der Waals surface area contributed by atoms with Gasteiger partial charge in [-0.1, -0.05) is 0 Å². The lowest BCUT2D eigenvalue weighted by Gasteiger charge is -2.25. The second-order valence-corrected chi connectivity index (χ2v) is 3.91. The quantitative estimate of drug-likeness (QED) is 0.758. The molecule has 6 heteroatoms. The molecule has 0 spiro atoms. The van der Waals surface area contributed by atoms with Gasteiger partial charge in [-0.25, -0.2) is 4.98 Å². The zero-order valence-electron chi connectivity index (χ0n) is 9.90. The van der Waals surface area contributed by atoms with Gasteiger partial charge >= 0.3 is 0 Å². The maximum absolute atomic E-state index is 12.0. The predicted molar refractivity (Wildman–Crippen MR) is 59.0 cm³/mol. The monoisotopic (exact) mass is 226 g/mol. The van der Waals surface area contributed by atoms with Crippen LogP contribution in [-0.2, 0) is 0 Å². The fourth-order valence-electron chi connectivity index (χ4n) is 1.40. The van der Waals surface area contributed by atoms with E-state index in [2.05, 4.69) is 15.2 Å². The molecule has 0 saturated heterocycles. The van der Waals surface area contributed by atoms with Crippen molar-refractivity contribution in [1.82, 2.24) is 20.1 Å². The van der Waals surface area contributed by atoms with Crippen LogP contribution >= 0.6 is 0 Å². The normalized spacial score (nSPS) is 10.8. The third-order valence-electron chi connectivity index (χ3n) is 2.23. The van der Waals surface area contributed by atoms with Crippen molar-refractivity contribution in [2.24, 2.45) is 0 Å². The van der Waals surface area contributed by atoms with Crippen molar-refractivity contribution in [2.45, 2.75) is 33.2 Å². The summed E-state index contributed by atoms with van der Waals surface area (Å²) in [6, 6.07) is 0.0675. The lowest BCUT2D eigenvalue weighted by molar-refractivity contribution is 0.0681. The Balaban J connectivity index is 2.74. The van der Waals surface area contributed by atoms with Gasteiger partial charge < -0.3 is 10.0 Å². The summed E-state index contributed by atoms with van der Waals surface area (Å²) < 4.78 is 0. The Morgan fingerprint density at radius 2 is 2.25 bits per heavy atom. The van der Waals surface area contributed by atoms with Crippen LogP contribution in [0.25, 0.3) is 0 Å². The molecule has 0 aliphatic carbocycles. The first-order valence-electron chi connectivity index (χ1n) is 5.37. The maximum Gasteiger partial charge on any atom is 0.293 e. The minimum Gasteiger partial charge on any atom is -0.396 e. The van der Waals surface area contributed by atoms with E-state index in [-0.39, 0.29) is 24.4 Å². The summed E-state index contributed by atoms with van der Waals surface area (Å²) in [6.07, 6.45) is 0.563. The van der Waals surface area contributed by atoms with E-state index in [9.17, 15) is 4.79 Å². The van der Waals surface area contributed by atoms with E-state index < -0.39 is 0 Å². The van der Waals surface area contributed by atoms with Gasteiger partial charge in [0, 0.05) is 19.2 Å². The molecule has 0 aliphatic heterocycles. The minimum atomic E-state index is -0.201. The predicted octanol–water partition coefficient (Wildman–Crippen LogP) is 0.346. The second kappa shape index (κ2) is 5.60. The van der Waals surface area contributed by atoms with Crippen LogP contribution in [0.4, 0.5) is 0 Å². The number of nitrogens with one attached hydrogen (secondary N) is 1. The van der Waals surface area contributed by atoms with Gasteiger partial charge in [0.05, 0.1) is 0 Å². The number of amides is 1. The smallest absolute Gasteiger partial charge is 0.293 e. The molecule has 0 atom stereocenters. The first kappa shape index (κ1) is 12.6. The number of carbonyl (C=O) groups is 1. The van der Waals surface area contributed by atoms with Crippen molar-refractivity contribution < 1.29 is 9.90 Å². The first-order chi connectivity index (χ1) is 7.56. The number of aliphatic hydroxyl groups excluding tert-OH is 1. The van der Waals surface area contributed by atoms with Crippen LogP contribution in [0.15, 0.2) is 0 Å². The van der Waals surface area contributed by atoms with Gasteiger partial charge in [0.15, 0.2) is 0 Å². The average molecular weight is 226 g/mol. The van der Waals surface area contributed by atoms with Gasteiger partial charge in [-0.05, 0) is 27.2 Å². The molecule has 1 amide bonds. The molecule has 16 heavy (non-hydrogen) atoms. The Labute approximate surface area is 94.7 Å². The van der Waals surface area contributed by atoms with E-state index in [1.807, 2.05) is 13.8 Å². The number of hydrogen-bond donors (Lipinski definition) is 2. The van der Waals surface area contributed by atoms with Gasteiger partial charge in [-0.3, -0.25) is 9.89 Å². The number of aryl methyl sites for hydroxylation is 1. The van der Waals surface area contributed by atoms with Gasteiger partial charge in [0.25, 0.3) is 5.91 Å². The van der Waals surface area contributed by atoms with Crippen LogP contribution < -0.4 is 0 Å². The molecule has 1 heterocycles. The Kier molecular flexibility index (Phi) is 4.42. The second-order valence-electron chi connectivity index (χ2n) is 3.91. The van der Waals surface area contributed by atoms with Crippen molar-refractivity contribution in [1.29, 1.82) is 0 Å². The Bertz CT molecular complexity index is 348. The number of aromatic nitrogens is 3. The van der Waals surface area contributed by atoms with E-state index in [0.717, 1.165) is 0 Å². The zero-order valence-corrected chi connectivity index (χ0v) is 9.90. The molecule has 90 valence electrons. The van der Waals surface area contributed by atoms with Gasteiger partial charge in [-0.2, -0.15) is 0 Å². The highest BCUT2D eigenvalue weighted by molar-refractivity contribution is 5.90. The van der Waals surface area contributed by atoms with Crippen LogP contribution in [0.3, 0.4) is 0 Å². The zero-order chi connectivity index (χ0) is 12.1. The summed E-state index contributed by atoms with van der Waals surface area (Å²) >= 11 is 0. The van der Waals surface area contributed by atoms with Crippen molar-refractivity contribution in [3.05, 3.63) is 11.6 Å². The summed E-state index contributed by atoms with van der Waals surface area (Å²) in [4.78, 5) is 17.7. The number of rotatable bonds is 5. The molecular formula is C10H18N4O2. The standard InChI is InChI=1S/C10H18N4O2/c1-7(2)14(5-4-6-15)10(16)9-11-8(3)12-13-9/h7,15H,4-6H2,1-3H3,(H,11,12,13). The lowest BCUT2D eigenvalue weighted by atomic mass is 10.2. The Hall–Kier alpha value is -1.43. The van der Waals surface area contributed by atoms with E-state index in [4.69, 9.17) is 5.11 Å². The van der Waals surface area contributed by atoms with Crippen LogP contribution in [0.5, 0.6) is 0 Å². The maximum atomic E-state index is 12.0. The number of hydrogen-bond acceptors (Lipinski definition) is 4. The number of carbonyl (C=O) groups excluding carboxylic acids is 1. The number of H-pyrrole nitrogens is 1. The van der Waals surface area contributed by atoms with Crippen LogP contribution in [-0.4, -0.2) is 50.3 Å². The minimum absolute atomic E-state index is 0.0675. The van der Waals surface area contributed by atoms with Crippen molar-refractivity contribution in [3.8, 4) is 0 Å². The van der Waals surface area contributed by atoms with Crippen LogP contribution in [0.2, 0.25) is 0 Å². The third-order valence-corrected chi connectivity index (χ3v) is 2.23. The summed E-state index contributed by atoms with van der Waals surface area (Å²) in [7, 11) is 0. The summed E-state index contributed by atoms with van der Waals surface area (Å²) in [5.41, 5.74) is 0. The molecule has 0 aromatic carbocycles. The number of aromatic amines is 1. The summed E-state index contributed by atoms with van der Waals surface area (Å²) in [5, 5.41) is 15.3. The van der Waals surface area contributed by atoms with Crippen molar-refractivity contribution >= 4 is 5.91 Å². The Morgan fingerprint density at radius 3 is 2.69 bits per heavy atom. The summed E-state index contributed by atoms with van der Waals surface area (Å²) in [5.74, 6) is 0.603. The van der Waals surface area contributed by atoms with Gasteiger partial charge in [0.2, 0.25) is 5.82 Å². The highest BCUT2D eigenvalue weighted by Crippen LogP contribution is 2.05. The molecule has 0 saturated carbocycles. The number of nitrogens with zero attached hydrogens (tertiary/aromatic N) is 3. The van der Waals surface area contributed by atoms with E-state index in [0.29, 0.717) is 18.8 Å². The fraction of sp³-hybridized carbons (Fsp3) is 0.700. The van der Waals surface area contributed by atoms with Gasteiger partial charge in [0.1, 0.15) is 5.82 Å². The molecule has 6 nitrogen and oxygen atoms in total. The van der Waals surface area contributed by atoms with Crippen LogP contribution in [0.1, 0.15) is 36.7 Å². The molecular weight excluding hydrogens is 208 g/mol. The first-order valence-corrected chi connectivity index (χ1v) is 5.37. The molecule has 0 bridgehead atoms. The molecule has 1 aromatic rings. The summed E-state index contributed by atoms with van der Waals surface area (Å²) in [6.45, 7) is 6.19. The van der Waals surface area contributed by atoms with Crippen molar-refractivity contribution in [2.75, 3.05) is 13.2 Å². The molecule has 2 N–H and O–H groups in total. The SMILES string of the molecule is Cc1nc(C(=O)N(CCCO)C(C)C)n[nH]1. The molecule has 1 rings (SSSR count).